The molecule has 1 heterocycles. The molecule has 7 heteroatoms. The third-order valence-electron chi connectivity index (χ3n) is 3.41. The summed E-state index contributed by atoms with van der Waals surface area (Å²) < 4.78 is 1.39. The van der Waals surface area contributed by atoms with Crippen molar-refractivity contribution in [3.05, 3.63) is 11.4 Å². The second-order valence-corrected chi connectivity index (χ2v) is 4.69. The lowest BCUT2D eigenvalue weighted by atomic mass is 10.1. The number of carboxylic acids is 1. The molecule has 0 aromatic carbocycles. The van der Waals surface area contributed by atoms with Gasteiger partial charge in [0.05, 0.1) is 5.69 Å². The van der Waals surface area contributed by atoms with Crippen LogP contribution in [0.15, 0.2) is 0 Å². The number of nitrogens with zero attached hydrogens (tertiary/aromatic N) is 3. The topological polar surface area (TPSA) is 97.1 Å². The third kappa shape index (κ3) is 3.34. The maximum absolute atomic E-state index is 12.2. The molecule has 112 valence electrons. The molecule has 0 aliphatic rings. The summed E-state index contributed by atoms with van der Waals surface area (Å²) in [5.74, 6) is -1.30. The van der Waals surface area contributed by atoms with Gasteiger partial charge in [0, 0.05) is 6.04 Å². The van der Waals surface area contributed by atoms with Crippen LogP contribution in [0.2, 0.25) is 0 Å². The van der Waals surface area contributed by atoms with Gasteiger partial charge in [-0.3, -0.25) is 4.79 Å². The number of carbonyl (C=O) groups is 2. The van der Waals surface area contributed by atoms with Crippen molar-refractivity contribution in [3.63, 3.8) is 0 Å². The Labute approximate surface area is 118 Å². The summed E-state index contributed by atoms with van der Waals surface area (Å²) in [7, 11) is 0. The van der Waals surface area contributed by atoms with E-state index in [1.54, 1.807) is 6.92 Å². The van der Waals surface area contributed by atoms with Crippen LogP contribution < -0.4 is 5.32 Å². The van der Waals surface area contributed by atoms with Gasteiger partial charge in [-0.1, -0.05) is 26.0 Å². The van der Waals surface area contributed by atoms with Crippen molar-refractivity contribution in [1.29, 1.82) is 0 Å². The van der Waals surface area contributed by atoms with Gasteiger partial charge < -0.3 is 10.4 Å². The van der Waals surface area contributed by atoms with Gasteiger partial charge in [-0.25, -0.2) is 9.48 Å². The van der Waals surface area contributed by atoms with Gasteiger partial charge in [0.1, 0.15) is 6.04 Å². The van der Waals surface area contributed by atoms with Crippen molar-refractivity contribution in [3.8, 4) is 0 Å². The molecule has 0 radical (unpaired) electrons. The van der Waals surface area contributed by atoms with E-state index in [4.69, 9.17) is 5.11 Å². The van der Waals surface area contributed by atoms with Crippen LogP contribution in [0.5, 0.6) is 0 Å². The number of rotatable bonds is 7. The average molecular weight is 282 g/mol. The van der Waals surface area contributed by atoms with E-state index in [-0.39, 0.29) is 17.6 Å². The molecule has 7 nitrogen and oxygen atoms in total. The van der Waals surface area contributed by atoms with E-state index < -0.39 is 12.0 Å². The monoisotopic (exact) mass is 282 g/mol. The standard InChI is InChI=1S/C13H22N4O3/c1-5-9(6-2)14-12(18)8(4)17-10(7-3)11(13(19)20)15-16-17/h8-9H,5-7H2,1-4H3,(H,14,18)(H,19,20). The molecule has 0 aliphatic carbocycles. The number of carbonyl (C=O) groups excluding carboxylic acids is 1. The quantitative estimate of drug-likeness (QED) is 0.788. The number of hydrogen-bond acceptors (Lipinski definition) is 4. The van der Waals surface area contributed by atoms with Crippen LogP contribution in [0.4, 0.5) is 0 Å². The molecule has 1 atom stereocenters. The van der Waals surface area contributed by atoms with Gasteiger partial charge in [-0.15, -0.1) is 5.10 Å². The van der Waals surface area contributed by atoms with Gasteiger partial charge in [-0.2, -0.15) is 0 Å². The smallest absolute Gasteiger partial charge is 0.358 e. The van der Waals surface area contributed by atoms with E-state index in [2.05, 4.69) is 15.6 Å². The van der Waals surface area contributed by atoms with Crippen LogP contribution in [0.1, 0.15) is 62.8 Å². The fraction of sp³-hybridized carbons (Fsp3) is 0.692. The number of aromatic carboxylic acids is 1. The molecule has 1 rings (SSSR count). The molecule has 0 aliphatic heterocycles. The minimum atomic E-state index is -1.12. The van der Waals surface area contributed by atoms with Crippen LogP contribution in [-0.4, -0.2) is 38.0 Å². The van der Waals surface area contributed by atoms with E-state index in [9.17, 15) is 9.59 Å². The number of carboxylic acid groups (broad SMARTS) is 1. The molecule has 0 fully saturated rings. The van der Waals surface area contributed by atoms with Gasteiger partial charge in [0.15, 0.2) is 5.69 Å². The highest BCUT2D eigenvalue weighted by Crippen LogP contribution is 2.14. The SMILES string of the molecule is CCc1c(C(=O)O)nnn1C(C)C(=O)NC(CC)CC. The van der Waals surface area contributed by atoms with E-state index in [0.717, 1.165) is 12.8 Å². The molecular formula is C13H22N4O3. The minimum absolute atomic E-state index is 0.0883. The third-order valence-corrected chi connectivity index (χ3v) is 3.41. The Morgan fingerprint density at radius 2 is 1.90 bits per heavy atom. The van der Waals surface area contributed by atoms with Crippen LogP contribution in [0, 0.1) is 0 Å². The molecule has 1 aromatic rings. The maximum Gasteiger partial charge on any atom is 0.358 e. The van der Waals surface area contributed by atoms with Crippen LogP contribution in [0.3, 0.4) is 0 Å². The Morgan fingerprint density at radius 3 is 2.35 bits per heavy atom. The lowest BCUT2D eigenvalue weighted by molar-refractivity contribution is -0.125. The van der Waals surface area contributed by atoms with Gasteiger partial charge >= 0.3 is 5.97 Å². The molecule has 0 spiro atoms. The molecule has 20 heavy (non-hydrogen) atoms. The first kappa shape index (κ1) is 16.1. The van der Waals surface area contributed by atoms with Crippen molar-refractivity contribution in [2.45, 2.75) is 59.0 Å². The molecule has 1 amide bonds. The summed E-state index contributed by atoms with van der Waals surface area (Å²) >= 11 is 0. The molecule has 0 bridgehead atoms. The minimum Gasteiger partial charge on any atom is -0.476 e. The van der Waals surface area contributed by atoms with E-state index in [1.165, 1.54) is 4.68 Å². The van der Waals surface area contributed by atoms with Crippen molar-refractivity contribution >= 4 is 11.9 Å². The lowest BCUT2D eigenvalue weighted by Crippen LogP contribution is -2.39. The summed E-state index contributed by atoms with van der Waals surface area (Å²) in [5, 5.41) is 19.4. The summed E-state index contributed by atoms with van der Waals surface area (Å²) in [6, 6.07) is -0.455. The first-order chi connectivity index (χ1) is 9.46. The van der Waals surface area contributed by atoms with Gasteiger partial charge in [0.2, 0.25) is 5.91 Å². The number of nitrogens with one attached hydrogen (secondary N) is 1. The molecular weight excluding hydrogens is 260 g/mol. The maximum atomic E-state index is 12.2. The zero-order valence-electron chi connectivity index (χ0n) is 12.4. The van der Waals surface area contributed by atoms with E-state index in [0.29, 0.717) is 12.1 Å². The Hall–Kier alpha value is -1.92. The number of hydrogen-bond donors (Lipinski definition) is 2. The highest BCUT2D eigenvalue weighted by molar-refractivity contribution is 5.87. The average Bonchev–Trinajstić information content (AvgIpc) is 2.87. The molecule has 0 saturated carbocycles. The Bertz CT molecular complexity index is 480. The summed E-state index contributed by atoms with van der Waals surface area (Å²) in [6.45, 7) is 7.52. The van der Waals surface area contributed by atoms with E-state index in [1.807, 2.05) is 20.8 Å². The van der Waals surface area contributed by atoms with Crippen molar-refractivity contribution < 1.29 is 14.7 Å². The lowest BCUT2D eigenvalue weighted by Gasteiger charge is -2.19. The molecule has 1 unspecified atom stereocenters. The molecule has 1 aromatic heterocycles. The fourth-order valence-electron chi connectivity index (χ4n) is 2.05. The molecule has 2 N–H and O–H groups in total. The van der Waals surface area contributed by atoms with Crippen molar-refractivity contribution in [2.24, 2.45) is 0 Å². The predicted molar refractivity (Wildman–Crippen MR) is 73.6 cm³/mol. The van der Waals surface area contributed by atoms with Crippen LogP contribution in [0.25, 0.3) is 0 Å². The van der Waals surface area contributed by atoms with E-state index >= 15 is 0 Å². The van der Waals surface area contributed by atoms with Crippen molar-refractivity contribution in [1.82, 2.24) is 20.3 Å². The highest BCUT2D eigenvalue weighted by atomic mass is 16.4. The summed E-state index contributed by atoms with van der Waals surface area (Å²) in [5.41, 5.74) is 0.374. The first-order valence-corrected chi connectivity index (χ1v) is 6.93. The van der Waals surface area contributed by atoms with Gasteiger partial charge in [-0.05, 0) is 26.2 Å². The number of aromatic nitrogens is 3. The van der Waals surface area contributed by atoms with Gasteiger partial charge in [0.25, 0.3) is 0 Å². The zero-order chi connectivity index (χ0) is 15.3. The van der Waals surface area contributed by atoms with Crippen LogP contribution in [-0.2, 0) is 11.2 Å². The zero-order valence-corrected chi connectivity index (χ0v) is 12.4. The fourth-order valence-corrected chi connectivity index (χ4v) is 2.05. The summed E-state index contributed by atoms with van der Waals surface area (Å²) in [4.78, 5) is 23.2. The highest BCUT2D eigenvalue weighted by Gasteiger charge is 2.25. The Morgan fingerprint density at radius 1 is 1.30 bits per heavy atom. The Balaban J connectivity index is 2.94. The Kier molecular flexibility index (Phi) is 5.66. The summed E-state index contributed by atoms with van der Waals surface area (Å²) in [6.07, 6.45) is 2.16. The first-order valence-electron chi connectivity index (χ1n) is 6.93. The second-order valence-electron chi connectivity index (χ2n) is 4.69. The largest absolute Gasteiger partial charge is 0.476 e. The van der Waals surface area contributed by atoms with Crippen LogP contribution >= 0.6 is 0 Å². The second kappa shape index (κ2) is 7.02. The number of amides is 1. The predicted octanol–water partition coefficient (Wildman–Crippen LogP) is 1.40. The molecule has 0 saturated heterocycles. The normalized spacial score (nSPS) is 12.4. The van der Waals surface area contributed by atoms with Crippen molar-refractivity contribution in [2.75, 3.05) is 0 Å².